The van der Waals surface area contributed by atoms with Crippen LogP contribution in [0.25, 0.3) is 0 Å². The molecule has 88 valence electrons. The fraction of sp³-hybridized carbons (Fsp3) is 0.444. The van der Waals surface area contributed by atoms with E-state index in [1.165, 1.54) is 0 Å². The quantitative estimate of drug-likeness (QED) is 0.240. The van der Waals surface area contributed by atoms with Crippen LogP contribution in [0.2, 0.25) is 0 Å². The van der Waals surface area contributed by atoms with Gasteiger partial charge in [0, 0.05) is 18.3 Å². The summed E-state index contributed by atoms with van der Waals surface area (Å²) in [6, 6.07) is 0. The summed E-state index contributed by atoms with van der Waals surface area (Å²) in [5, 5.41) is 20.4. The summed E-state index contributed by atoms with van der Waals surface area (Å²) in [5.41, 5.74) is 6.26. The van der Waals surface area contributed by atoms with Crippen molar-refractivity contribution in [1.29, 1.82) is 0 Å². The first-order chi connectivity index (χ1) is 7.69. The van der Waals surface area contributed by atoms with Crippen molar-refractivity contribution in [2.75, 3.05) is 0 Å². The Hall–Kier alpha value is -2.05. The van der Waals surface area contributed by atoms with Crippen LogP contribution in [0.5, 0.6) is 0 Å². The zero-order valence-electron chi connectivity index (χ0n) is 8.97. The number of carbonyl (C=O) groups excluding carboxylic acids is 1. The highest BCUT2D eigenvalue weighted by Crippen LogP contribution is 2.03. The molecule has 1 atom stereocenters. The zero-order chi connectivity index (χ0) is 12.0. The highest BCUT2D eigenvalue weighted by molar-refractivity contribution is 6.01. The third-order valence-electron chi connectivity index (χ3n) is 2.22. The number of amidine groups is 1. The van der Waals surface area contributed by atoms with E-state index < -0.39 is 5.92 Å². The molecule has 1 aromatic heterocycles. The molecule has 0 aliphatic heterocycles. The van der Waals surface area contributed by atoms with Gasteiger partial charge in [0.05, 0.1) is 12.1 Å². The van der Waals surface area contributed by atoms with Crippen LogP contribution < -0.4 is 11.1 Å². The number of nitrogens with one attached hydrogen (secondary N) is 2. The number of H-pyrrole nitrogens is 1. The number of nitrogens with two attached hydrogens (primary N) is 1. The average molecular weight is 225 g/mol. The van der Waals surface area contributed by atoms with Gasteiger partial charge in [0.15, 0.2) is 5.84 Å². The Kier molecular flexibility index (Phi) is 4.31. The minimum absolute atomic E-state index is 0.0767. The van der Waals surface area contributed by atoms with Crippen molar-refractivity contribution in [3.63, 3.8) is 0 Å². The molecule has 0 bridgehead atoms. The maximum absolute atomic E-state index is 11.7. The first kappa shape index (κ1) is 12.0. The summed E-state index contributed by atoms with van der Waals surface area (Å²) in [4.78, 5) is 11.7. The number of rotatable bonds is 5. The van der Waals surface area contributed by atoms with Crippen LogP contribution in [0.4, 0.5) is 0 Å². The van der Waals surface area contributed by atoms with Gasteiger partial charge in [0.1, 0.15) is 0 Å². The van der Waals surface area contributed by atoms with Crippen LogP contribution in [0.1, 0.15) is 18.9 Å². The Labute approximate surface area is 92.7 Å². The minimum atomic E-state index is -0.600. The number of carbonyl (C=O) groups is 1. The molecule has 0 aliphatic rings. The molecule has 7 nitrogen and oxygen atoms in total. The number of aromatic amines is 1. The molecule has 5 N–H and O–H groups in total. The van der Waals surface area contributed by atoms with E-state index in [-0.39, 0.29) is 11.7 Å². The van der Waals surface area contributed by atoms with E-state index in [0.717, 1.165) is 5.56 Å². The van der Waals surface area contributed by atoms with E-state index >= 15 is 0 Å². The zero-order valence-corrected chi connectivity index (χ0v) is 8.97. The molecule has 0 aliphatic carbocycles. The molecule has 1 amide bonds. The maximum atomic E-state index is 11.7. The summed E-state index contributed by atoms with van der Waals surface area (Å²) < 4.78 is 0. The molecule has 0 spiro atoms. The van der Waals surface area contributed by atoms with Gasteiger partial charge in [-0.05, 0) is 6.42 Å². The molecular weight excluding hydrogens is 210 g/mol. The molecule has 1 unspecified atom stereocenters. The fourth-order valence-corrected chi connectivity index (χ4v) is 1.29. The Bertz CT molecular complexity index is 360. The average Bonchev–Trinajstić information content (AvgIpc) is 2.79. The SMILES string of the molecule is CCC(C(=O)NCc1cn[nH]c1)C(N)=NO. The second-order valence-electron chi connectivity index (χ2n) is 3.31. The number of nitrogens with zero attached hydrogens (tertiary/aromatic N) is 2. The normalized spacial score (nSPS) is 13.4. The van der Waals surface area contributed by atoms with Gasteiger partial charge in [-0.1, -0.05) is 12.1 Å². The standard InChI is InChI=1S/C9H15N5O2/c1-2-7(8(10)14-16)9(15)11-3-6-4-12-13-5-6/h4-5,7,16H,2-3H2,1H3,(H2,10,14)(H,11,15)(H,12,13). The van der Waals surface area contributed by atoms with Gasteiger partial charge in [-0.15, -0.1) is 0 Å². The van der Waals surface area contributed by atoms with E-state index in [4.69, 9.17) is 10.9 Å². The second-order valence-corrected chi connectivity index (χ2v) is 3.31. The first-order valence-corrected chi connectivity index (χ1v) is 4.91. The summed E-state index contributed by atoms with van der Waals surface area (Å²) in [6.45, 7) is 2.16. The Morgan fingerprint density at radius 1 is 1.81 bits per heavy atom. The third kappa shape index (κ3) is 2.97. The lowest BCUT2D eigenvalue weighted by Crippen LogP contribution is -2.38. The van der Waals surface area contributed by atoms with Gasteiger partial charge in [-0.2, -0.15) is 5.10 Å². The van der Waals surface area contributed by atoms with Crippen molar-refractivity contribution < 1.29 is 10.0 Å². The predicted molar refractivity (Wildman–Crippen MR) is 57.6 cm³/mol. The Balaban J connectivity index is 2.50. The monoisotopic (exact) mass is 225 g/mol. The van der Waals surface area contributed by atoms with Crippen LogP contribution in [-0.4, -0.2) is 27.1 Å². The van der Waals surface area contributed by atoms with Crippen LogP contribution in [0.3, 0.4) is 0 Å². The van der Waals surface area contributed by atoms with Gasteiger partial charge >= 0.3 is 0 Å². The molecule has 0 radical (unpaired) electrons. The lowest BCUT2D eigenvalue weighted by atomic mass is 10.0. The van der Waals surface area contributed by atoms with Crippen LogP contribution >= 0.6 is 0 Å². The molecule has 0 saturated carbocycles. The predicted octanol–water partition coefficient (Wildman–Crippen LogP) is -0.201. The molecule has 16 heavy (non-hydrogen) atoms. The van der Waals surface area contributed by atoms with Crippen LogP contribution in [0.15, 0.2) is 17.5 Å². The highest BCUT2D eigenvalue weighted by atomic mass is 16.4. The van der Waals surface area contributed by atoms with E-state index in [9.17, 15) is 4.79 Å². The van der Waals surface area contributed by atoms with E-state index in [0.29, 0.717) is 13.0 Å². The molecular formula is C9H15N5O2. The molecule has 0 aromatic carbocycles. The summed E-state index contributed by atoms with van der Waals surface area (Å²) in [5.74, 6) is -0.942. The van der Waals surface area contributed by atoms with Gasteiger partial charge in [-0.25, -0.2) is 0 Å². The lowest BCUT2D eigenvalue weighted by Gasteiger charge is -2.12. The van der Waals surface area contributed by atoms with Crippen molar-refractivity contribution in [1.82, 2.24) is 15.5 Å². The molecule has 0 saturated heterocycles. The molecule has 1 rings (SSSR count). The van der Waals surface area contributed by atoms with Crippen molar-refractivity contribution >= 4 is 11.7 Å². The number of hydrogen-bond donors (Lipinski definition) is 4. The van der Waals surface area contributed by atoms with Gasteiger partial charge in [0.25, 0.3) is 0 Å². The smallest absolute Gasteiger partial charge is 0.231 e. The van der Waals surface area contributed by atoms with Crippen molar-refractivity contribution in [2.24, 2.45) is 16.8 Å². The summed E-state index contributed by atoms with van der Waals surface area (Å²) in [7, 11) is 0. The largest absolute Gasteiger partial charge is 0.409 e. The van der Waals surface area contributed by atoms with Crippen molar-refractivity contribution in [3.8, 4) is 0 Å². The first-order valence-electron chi connectivity index (χ1n) is 4.91. The Morgan fingerprint density at radius 2 is 2.56 bits per heavy atom. The number of amides is 1. The molecule has 1 heterocycles. The lowest BCUT2D eigenvalue weighted by molar-refractivity contribution is -0.123. The van der Waals surface area contributed by atoms with Gasteiger partial charge in [-0.3, -0.25) is 9.89 Å². The fourth-order valence-electron chi connectivity index (χ4n) is 1.29. The van der Waals surface area contributed by atoms with E-state index in [2.05, 4.69) is 20.7 Å². The topological polar surface area (TPSA) is 116 Å². The minimum Gasteiger partial charge on any atom is -0.409 e. The number of hydrogen-bond acceptors (Lipinski definition) is 4. The van der Waals surface area contributed by atoms with Crippen LogP contribution in [-0.2, 0) is 11.3 Å². The van der Waals surface area contributed by atoms with Crippen molar-refractivity contribution in [2.45, 2.75) is 19.9 Å². The van der Waals surface area contributed by atoms with E-state index in [1.807, 2.05) is 0 Å². The third-order valence-corrected chi connectivity index (χ3v) is 2.22. The van der Waals surface area contributed by atoms with Gasteiger partial charge < -0.3 is 16.3 Å². The van der Waals surface area contributed by atoms with Crippen molar-refractivity contribution in [3.05, 3.63) is 18.0 Å². The Morgan fingerprint density at radius 3 is 3.06 bits per heavy atom. The second kappa shape index (κ2) is 5.74. The number of oxime groups is 1. The number of aromatic nitrogens is 2. The summed E-state index contributed by atoms with van der Waals surface area (Å²) in [6.07, 6.45) is 3.78. The highest BCUT2D eigenvalue weighted by Gasteiger charge is 2.20. The molecule has 0 fully saturated rings. The maximum Gasteiger partial charge on any atom is 0.231 e. The summed E-state index contributed by atoms with van der Waals surface area (Å²) >= 11 is 0. The van der Waals surface area contributed by atoms with Gasteiger partial charge in [0.2, 0.25) is 5.91 Å². The van der Waals surface area contributed by atoms with Crippen LogP contribution in [0, 0.1) is 5.92 Å². The molecule has 1 aromatic rings. The molecule has 7 heteroatoms. The van der Waals surface area contributed by atoms with E-state index in [1.54, 1.807) is 19.3 Å².